The summed E-state index contributed by atoms with van der Waals surface area (Å²) in [6.45, 7) is 0.265. The number of para-hydroxylation sites is 3. The van der Waals surface area contributed by atoms with Crippen LogP contribution in [0.4, 0.5) is 17.1 Å². The van der Waals surface area contributed by atoms with Crippen molar-refractivity contribution in [2.75, 3.05) is 4.90 Å². The summed E-state index contributed by atoms with van der Waals surface area (Å²) in [6, 6.07) is 51.1. The molecule has 3 heterocycles. The van der Waals surface area contributed by atoms with Gasteiger partial charge in [-0.25, -0.2) is 0 Å². The molecule has 2 aliphatic rings. The van der Waals surface area contributed by atoms with Gasteiger partial charge in [-0.1, -0.05) is 96.5 Å². The summed E-state index contributed by atoms with van der Waals surface area (Å²) in [6.07, 6.45) is 0.989. The van der Waals surface area contributed by atoms with E-state index in [-0.39, 0.29) is 6.71 Å². The summed E-state index contributed by atoms with van der Waals surface area (Å²) in [7, 11) is 0. The first-order valence-corrected chi connectivity index (χ1v) is 14.0. The minimum atomic E-state index is 0.265. The Labute approximate surface area is 233 Å². The molecule has 1 aromatic heterocycles. The van der Waals surface area contributed by atoms with E-state index in [2.05, 4.69) is 149 Å². The summed E-state index contributed by atoms with van der Waals surface area (Å²) in [5.74, 6) is 0. The highest BCUT2D eigenvalue weighted by Crippen LogP contribution is 2.40. The molecule has 2 nitrogen and oxygen atoms in total. The lowest BCUT2D eigenvalue weighted by atomic mass is 9.32. The lowest BCUT2D eigenvalue weighted by Gasteiger charge is -2.33. The van der Waals surface area contributed by atoms with Crippen LogP contribution in [0, 0.1) is 0 Å². The number of hydrogen-bond acceptors (Lipinski definition) is 1. The van der Waals surface area contributed by atoms with E-state index in [0.717, 1.165) is 23.5 Å². The van der Waals surface area contributed by atoms with Gasteiger partial charge < -0.3 is 9.47 Å². The predicted molar refractivity (Wildman–Crippen MR) is 169 cm³/mol. The molecule has 186 valence electrons. The second-order valence-electron chi connectivity index (χ2n) is 10.9. The number of aromatic nitrogens is 1. The van der Waals surface area contributed by atoms with Crippen LogP contribution >= 0.6 is 0 Å². The summed E-state index contributed by atoms with van der Waals surface area (Å²) in [4.78, 5) is 2.35. The number of nitrogens with zero attached hydrogens (tertiary/aromatic N) is 2. The molecule has 2 aliphatic heterocycles. The van der Waals surface area contributed by atoms with Gasteiger partial charge in [0.15, 0.2) is 0 Å². The Kier molecular flexibility index (Phi) is 4.51. The molecule has 0 N–H and O–H groups in total. The molecule has 0 amide bonds. The Balaban J connectivity index is 1.36. The second-order valence-corrected chi connectivity index (χ2v) is 10.9. The van der Waals surface area contributed by atoms with Gasteiger partial charge in [0, 0.05) is 39.0 Å². The van der Waals surface area contributed by atoms with Gasteiger partial charge in [0.1, 0.15) is 0 Å². The zero-order chi connectivity index (χ0) is 26.2. The molecule has 0 spiro atoms. The van der Waals surface area contributed by atoms with Gasteiger partial charge in [-0.05, 0) is 77.0 Å². The van der Waals surface area contributed by atoms with Crippen molar-refractivity contribution in [2.45, 2.75) is 6.42 Å². The molecule has 0 saturated carbocycles. The van der Waals surface area contributed by atoms with Crippen LogP contribution in [0.1, 0.15) is 11.1 Å². The molecule has 0 radical (unpaired) electrons. The fraction of sp³-hybridized carbons (Fsp3) is 0.0270. The zero-order valence-corrected chi connectivity index (χ0v) is 22.0. The van der Waals surface area contributed by atoms with Crippen LogP contribution in [0.2, 0.25) is 0 Å². The van der Waals surface area contributed by atoms with Crippen molar-refractivity contribution in [3.63, 3.8) is 0 Å². The normalized spacial score (nSPS) is 12.8. The van der Waals surface area contributed by atoms with E-state index in [1.807, 2.05) is 0 Å². The molecule has 3 heteroatoms. The maximum atomic E-state index is 2.53. The van der Waals surface area contributed by atoms with Crippen LogP contribution in [-0.4, -0.2) is 11.3 Å². The van der Waals surface area contributed by atoms with Crippen LogP contribution in [0.25, 0.3) is 27.5 Å². The molecule has 0 aliphatic carbocycles. The highest BCUT2D eigenvalue weighted by atomic mass is 15.1. The van der Waals surface area contributed by atoms with Crippen LogP contribution in [0.5, 0.6) is 0 Å². The van der Waals surface area contributed by atoms with Gasteiger partial charge >= 0.3 is 0 Å². The van der Waals surface area contributed by atoms with Crippen molar-refractivity contribution in [3.8, 4) is 5.69 Å². The van der Waals surface area contributed by atoms with E-state index < -0.39 is 0 Å². The van der Waals surface area contributed by atoms with E-state index in [1.54, 1.807) is 0 Å². The van der Waals surface area contributed by atoms with Crippen molar-refractivity contribution in [1.29, 1.82) is 0 Å². The molecule has 0 saturated heterocycles. The van der Waals surface area contributed by atoms with E-state index in [1.165, 1.54) is 55.0 Å². The quantitative estimate of drug-likeness (QED) is 0.234. The van der Waals surface area contributed by atoms with Gasteiger partial charge in [-0.3, -0.25) is 0 Å². The third kappa shape index (κ3) is 2.95. The third-order valence-electron chi connectivity index (χ3n) is 8.85. The Morgan fingerprint density at radius 1 is 0.525 bits per heavy atom. The summed E-state index contributed by atoms with van der Waals surface area (Å²) >= 11 is 0. The van der Waals surface area contributed by atoms with Gasteiger partial charge in [0.05, 0.1) is 5.52 Å². The molecule has 6 aromatic carbocycles. The SMILES string of the molecule is c1ccc(N(c2ccccc2)c2ccc3c(c2)c2ccc4c5c2n3-c2ccccc2B5c2ccccc2C4)cc1. The number of benzene rings is 6. The fourth-order valence-corrected chi connectivity index (χ4v) is 7.23. The fourth-order valence-electron chi connectivity index (χ4n) is 7.23. The Morgan fingerprint density at radius 3 is 1.98 bits per heavy atom. The Morgan fingerprint density at radius 2 is 1.20 bits per heavy atom. The van der Waals surface area contributed by atoms with Gasteiger partial charge in [-0.15, -0.1) is 0 Å². The number of rotatable bonds is 3. The van der Waals surface area contributed by atoms with Crippen molar-refractivity contribution in [3.05, 3.63) is 151 Å². The number of hydrogen-bond donors (Lipinski definition) is 0. The topological polar surface area (TPSA) is 8.17 Å². The third-order valence-corrected chi connectivity index (χ3v) is 8.85. The molecule has 0 unspecified atom stereocenters. The lowest BCUT2D eigenvalue weighted by Crippen LogP contribution is -2.60. The van der Waals surface area contributed by atoms with Crippen molar-refractivity contribution in [1.82, 2.24) is 4.57 Å². The van der Waals surface area contributed by atoms with E-state index >= 15 is 0 Å². The maximum Gasteiger partial charge on any atom is 0.247 e. The average molecular weight is 508 g/mol. The van der Waals surface area contributed by atoms with Crippen LogP contribution < -0.4 is 21.3 Å². The number of anilines is 3. The maximum absolute atomic E-state index is 2.53. The molecular formula is C37H25BN2. The van der Waals surface area contributed by atoms with E-state index in [0.29, 0.717) is 0 Å². The first kappa shape index (κ1) is 21.9. The second kappa shape index (κ2) is 8.24. The zero-order valence-electron chi connectivity index (χ0n) is 22.0. The predicted octanol–water partition coefficient (Wildman–Crippen LogP) is 6.99. The molecule has 7 aromatic rings. The smallest absolute Gasteiger partial charge is 0.247 e. The molecule has 9 rings (SSSR count). The van der Waals surface area contributed by atoms with E-state index in [9.17, 15) is 0 Å². The van der Waals surface area contributed by atoms with Gasteiger partial charge in [0.25, 0.3) is 0 Å². The average Bonchev–Trinajstić information content (AvgIpc) is 3.36. The van der Waals surface area contributed by atoms with E-state index in [4.69, 9.17) is 0 Å². The van der Waals surface area contributed by atoms with Crippen LogP contribution in [0.3, 0.4) is 0 Å². The molecule has 0 atom stereocenters. The highest BCUT2D eigenvalue weighted by molar-refractivity contribution is 6.98. The summed E-state index contributed by atoms with van der Waals surface area (Å²) < 4.78 is 2.53. The molecular weight excluding hydrogens is 483 g/mol. The largest absolute Gasteiger partial charge is 0.310 e. The molecule has 0 bridgehead atoms. The van der Waals surface area contributed by atoms with Gasteiger partial charge in [-0.2, -0.15) is 0 Å². The van der Waals surface area contributed by atoms with Crippen molar-refractivity contribution in [2.24, 2.45) is 0 Å². The first-order chi connectivity index (χ1) is 19.9. The van der Waals surface area contributed by atoms with Crippen molar-refractivity contribution >= 4 is 62.0 Å². The molecule has 0 fully saturated rings. The van der Waals surface area contributed by atoms with Gasteiger partial charge in [0.2, 0.25) is 6.71 Å². The Bertz CT molecular complexity index is 2050. The number of fused-ring (bicyclic) bond motifs is 8. The van der Waals surface area contributed by atoms with Crippen LogP contribution in [0.15, 0.2) is 140 Å². The standard InChI is InChI=1S/C37H25BN2/c1-3-12-27(13-4-1)39(28-14-5-2-6-15-28)29-20-22-34-31(24-29)30-21-19-26-23-25-11-7-8-16-32(25)38-33-17-9-10-18-35(33)40(34)37(30)36(26)38/h1-22,24H,23H2. The minimum Gasteiger partial charge on any atom is -0.310 e. The molecule has 40 heavy (non-hydrogen) atoms. The summed E-state index contributed by atoms with van der Waals surface area (Å²) in [5, 5.41) is 2.62. The summed E-state index contributed by atoms with van der Waals surface area (Å²) in [5.41, 5.74) is 14.6. The minimum absolute atomic E-state index is 0.265. The monoisotopic (exact) mass is 508 g/mol. The lowest BCUT2D eigenvalue weighted by molar-refractivity contribution is 1.16. The first-order valence-electron chi connectivity index (χ1n) is 14.0. The Hall–Kier alpha value is -5.02. The van der Waals surface area contributed by atoms with Crippen LogP contribution in [-0.2, 0) is 6.42 Å². The highest BCUT2D eigenvalue weighted by Gasteiger charge is 2.38. The van der Waals surface area contributed by atoms with Crippen molar-refractivity contribution < 1.29 is 0 Å².